The van der Waals surface area contributed by atoms with Gasteiger partial charge in [-0.1, -0.05) is 51.1 Å². The number of rotatable bonds is 7. The van der Waals surface area contributed by atoms with Crippen molar-refractivity contribution in [2.45, 2.75) is 58.7 Å². The Morgan fingerprint density at radius 3 is 2.40 bits per heavy atom. The summed E-state index contributed by atoms with van der Waals surface area (Å²) in [7, 11) is 0. The molecule has 3 heterocycles. The minimum absolute atomic E-state index is 0.0603. The number of thiazole rings is 1. The molecule has 6 nitrogen and oxygen atoms in total. The molecule has 3 aromatic rings. The third kappa shape index (κ3) is 5.68. The van der Waals surface area contributed by atoms with E-state index in [1.807, 2.05) is 16.3 Å². The largest absolute Gasteiger partial charge is 0.454 e. The third-order valence-electron chi connectivity index (χ3n) is 6.59. The molecule has 0 N–H and O–H groups in total. The van der Waals surface area contributed by atoms with Crippen molar-refractivity contribution < 1.29 is 14.3 Å². The van der Waals surface area contributed by atoms with Crippen LogP contribution in [-0.2, 0) is 25.0 Å². The maximum atomic E-state index is 12.8. The van der Waals surface area contributed by atoms with E-state index in [1.165, 1.54) is 11.1 Å². The number of benzene rings is 2. The van der Waals surface area contributed by atoms with E-state index < -0.39 is 0 Å². The first-order chi connectivity index (χ1) is 16.8. The van der Waals surface area contributed by atoms with Gasteiger partial charge in [-0.25, -0.2) is 4.98 Å². The van der Waals surface area contributed by atoms with Crippen molar-refractivity contribution in [3.05, 3.63) is 75.2 Å². The van der Waals surface area contributed by atoms with Gasteiger partial charge in [0.05, 0.1) is 6.54 Å². The molecule has 1 aromatic heterocycles. The summed E-state index contributed by atoms with van der Waals surface area (Å²) in [5.74, 6) is 1.65. The molecule has 0 saturated carbocycles. The van der Waals surface area contributed by atoms with E-state index in [0.717, 1.165) is 61.1 Å². The molecule has 35 heavy (non-hydrogen) atoms. The second kappa shape index (κ2) is 9.99. The normalized spacial score (nSPS) is 15.3. The van der Waals surface area contributed by atoms with Crippen LogP contribution in [0.5, 0.6) is 11.5 Å². The summed E-state index contributed by atoms with van der Waals surface area (Å²) in [6, 6.07) is 15.0. The molecule has 0 atom stereocenters. The second-order valence-electron chi connectivity index (χ2n) is 10.4. The van der Waals surface area contributed by atoms with Crippen molar-refractivity contribution in [3.63, 3.8) is 0 Å². The van der Waals surface area contributed by atoms with Crippen LogP contribution >= 0.6 is 11.3 Å². The van der Waals surface area contributed by atoms with Crippen molar-refractivity contribution in [2.24, 2.45) is 0 Å². The maximum Gasteiger partial charge on any atom is 0.273 e. The first kappa shape index (κ1) is 23.8. The van der Waals surface area contributed by atoms with Gasteiger partial charge >= 0.3 is 0 Å². The van der Waals surface area contributed by atoms with E-state index in [-0.39, 0.29) is 18.1 Å². The molecule has 1 fully saturated rings. The fourth-order valence-corrected chi connectivity index (χ4v) is 5.40. The average Bonchev–Trinajstić information content (AvgIpc) is 3.60. The first-order valence-electron chi connectivity index (χ1n) is 12.3. The highest BCUT2D eigenvalue weighted by atomic mass is 32.1. The van der Waals surface area contributed by atoms with Gasteiger partial charge in [0.25, 0.3) is 5.91 Å². The topological polar surface area (TPSA) is 54.9 Å². The summed E-state index contributed by atoms with van der Waals surface area (Å²) in [4.78, 5) is 21.8. The van der Waals surface area contributed by atoms with Crippen LogP contribution < -0.4 is 9.47 Å². The van der Waals surface area contributed by atoms with Crippen LogP contribution in [0, 0.1) is 0 Å². The zero-order chi connectivity index (χ0) is 24.4. The second-order valence-corrected chi connectivity index (χ2v) is 11.3. The number of nitrogens with zero attached hydrogens (tertiary/aromatic N) is 3. The van der Waals surface area contributed by atoms with Crippen molar-refractivity contribution in [3.8, 4) is 11.5 Å². The third-order valence-corrected chi connectivity index (χ3v) is 7.43. The summed E-state index contributed by atoms with van der Waals surface area (Å²) >= 11 is 1.57. The summed E-state index contributed by atoms with van der Waals surface area (Å²) in [5.41, 5.74) is 4.44. The number of ether oxygens (including phenoxy) is 2. The summed E-state index contributed by atoms with van der Waals surface area (Å²) in [5, 5.41) is 2.87. The minimum Gasteiger partial charge on any atom is -0.454 e. The van der Waals surface area contributed by atoms with Crippen molar-refractivity contribution >= 4 is 17.2 Å². The number of likely N-dealkylation sites (tertiary alicyclic amines) is 1. The number of hydrogen-bond acceptors (Lipinski definition) is 6. The number of fused-ring (bicyclic) bond motifs is 1. The van der Waals surface area contributed by atoms with Crippen molar-refractivity contribution in [2.75, 3.05) is 19.9 Å². The summed E-state index contributed by atoms with van der Waals surface area (Å²) in [6.07, 6.45) is 2.17. The predicted molar refractivity (Wildman–Crippen MR) is 138 cm³/mol. The van der Waals surface area contributed by atoms with Crippen molar-refractivity contribution in [1.82, 2.24) is 14.8 Å². The molecule has 0 aliphatic carbocycles. The van der Waals surface area contributed by atoms with Crippen LogP contribution in [0.25, 0.3) is 0 Å². The van der Waals surface area contributed by atoms with E-state index in [9.17, 15) is 4.79 Å². The Kier molecular flexibility index (Phi) is 6.80. The SMILES string of the molecule is CC(C)(C)c1ccc(CN(Cc2ccc3c(c2)OCO3)Cc2nc(C(=O)N3CCCC3)cs2)cc1. The smallest absolute Gasteiger partial charge is 0.273 e. The number of carbonyl (C=O) groups is 1. The fourth-order valence-electron chi connectivity index (χ4n) is 4.59. The molecule has 184 valence electrons. The fraction of sp³-hybridized carbons (Fsp3) is 0.429. The highest BCUT2D eigenvalue weighted by molar-refractivity contribution is 7.09. The zero-order valence-corrected chi connectivity index (χ0v) is 21.6. The quantitative estimate of drug-likeness (QED) is 0.430. The lowest BCUT2D eigenvalue weighted by molar-refractivity contribution is 0.0787. The summed E-state index contributed by atoms with van der Waals surface area (Å²) in [6.45, 7) is 10.9. The van der Waals surface area contributed by atoms with Crippen LogP contribution in [0.15, 0.2) is 47.8 Å². The van der Waals surface area contributed by atoms with Crippen molar-refractivity contribution in [1.29, 1.82) is 0 Å². The Morgan fingerprint density at radius 1 is 0.971 bits per heavy atom. The monoisotopic (exact) mass is 491 g/mol. The molecule has 2 aliphatic rings. The van der Waals surface area contributed by atoms with Gasteiger partial charge in [0, 0.05) is 31.6 Å². The molecule has 7 heteroatoms. The van der Waals surface area contributed by atoms with Gasteiger partial charge in [0.15, 0.2) is 11.5 Å². The Balaban J connectivity index is 1.34. The van der Waals surface area contributed by atoms with Crippen LogP contribution in [-0.4, -0.2) is 40.6 Å². The molecule has 0 radical (unpaired) electrons. The van der Waals surface area contributed by atoms with Crippen LogP contribution in [0.2, 0.25) is 0 Å². The standard InChI is InChI=1S/C28H33N3O3S/c1-28(2,3)22-9-6-20(7-10-22)15-30(16-21-8-11-24-25(14-21)34-19-33-24)17-26-29-23(18-35-26)27(32)31-12-4-5-13-31/h6-11,14,18H,4-5,12-13,15-17,19H2,1-3H3. The molecular formula is C28H33N3O3S. The molecule has 5 rings (SSSR count). The predicted octanol–water partition coefficient (Wildman–Crippen LogP) is 5.61. The Labute approximate surface area is 211 Å². The molecular weight excluding hydrogens is 458 g/mol. The Morgan fingerprint density at radius 2 is 1.66 bits per heavy atom. The minimum atomic E-state index is 0.0603. The number of carbonyl (C=O) groups excluding carboxylic acids is 1. The molecule has 1 saturated heterocycles. The van der Waals surface area contributed by atoms with Crippen LogP contribution in [0.3, 0.4) is 0 Å². The lowest BCUT2D eigenvalue weighted by Gasteiger charge is -2.23. The van der Waals surface area contributed by atoms with Gasteiger partial charge in [-0.05, 0) is 47.1 Å². The average molecular weight is 492 g/mol. The molecule has 1 amide bonds. The highest BCUT2D eigenvalue weighted by Crippen LogP contribution is 2.33. The zero-order valence-electron chi connectivity index (χ0n) is 20.8. The van der Waals surface area contributed by atoms with Gasteiger partial charge in [-0.2, -0.15) is 0 Å². The first-order valence-corrected chi connectivity index (χ1v) is 13.2. The van der Waals surface area contributed by atoms with Gasteiger partial charge < -0.3 is 14.4 Å². The van der Waals surface area contributed by atoms with Crippen LogP contribution in [0.1, 0.15) is 65.8 Å². The van der Waals surface area contributed by atoms with E-state index in [4.69, 9.17) is 14.5 Å². The highest BCUT2D eigenvalue weighted by Gasteiger charge is 2.23. The lowest BCUT2D eigenvalue weighted by Crippen LogP contribution is -2.28. The lowest BCUT2D eigenvalue weighted by atomic mass is 9.87. The molecule has 0 bridgehead atoms. The molecule has 0 spiro atoms. The number of aromatic nitrogens is 1. The number of amides is 1. The van der Waals surface area contributed by atoms with Gasteiger partial charge in [0.2, 0.25) is 6.79 Å². The van der Waals surface area contributed by atoms with E-state index in [1.54, 1.807) is 11.3 Å². The summed E-state index contributed by atoms with van der Waals surface area (Å²) < 4.78 is 11.1. The van der Waals surface area contributed by atoms with Gasteiger partial charge in [-0.3, -0.25) is 9.69 Å². The van der Waals surface area contributed by atoms with Gasteiger partial charge in [-0.15, -0.1) is 11.3 Å². The van der Waals surface area contributed by atoms with E-state index in [0.29, 0.717) is 12.2 Å². The molecule has 2 aliphatic heterocycles. The van der Waals surface area contributed by atoms with Crippen LogP contribution in [0.4, 0.5) is 0 Å². The molecule has 0 unspecified atom stereocenters. The Hall–Kier alpha value is -2.90. The molecule has 2 aromatic carbocycles. The number of hydrogen-bond donors (Lipinski definition) is 0. The Bertz CT molecular complexity index is 1180. The van der Waals surface area contributed by atoms with E-state index >= 15 is 0 Å². The van der Waals surface area contributed by atoms with E-state index in [2.05, 4.69) is 62.1 Å². The van der Waals surface area contributed by atoms with Gasteiger partial charge in [0.1, 0.15) is 10.7 Å². The maximum absolute atomic E-state index is 12.8.